The van der Waals surface area contributed by atoms with Gasteiger partial charge in [-0.3, -0.25) is 4.98 Å². The Morgan fingerprint density at radius 3 is 2.82 bits per heavy atom. The minimum absolute atomic E-state index is 0.343. The van der Waals surface area contributed by atoms with E-state index in [0.29, 0.717) is 12.5 Å². The summed E-state index contributed by atoms with van der Waals surface area (Å²) >= 11 is 0. The molecule has 2 aromatic heterocycles. The van der Waals surface area contributed by atoms with Gasteiger partial charge in [-0.15, -0.1) is 0 Å². The average molecular weight is 231 g/mol. The van der Waals surface area contributed by atoms with E-state index in [0.717, 1.165) is 17.3 Å². The van der Waals surface area contributed by atoms with Gasteiger partial charge in [0, 0.05) is 31.9 Å². The van der Waals surface area contributed by atoms with Gasteiger partial charge < -0.3 is 5.32 Å². The van der Waals surface area contributed by atoms with Crippen molar-refractivity contribution in [1.82, 2.24) is 19.7 Å². The van der Waals surface area contributed by atoms with Crippen LogP contribution in [0.15, 0.2) is 24.5 Å². The number of hydrogen-bond acceptors (Lipinski definition) is 4. The minimum Gasteiger partial charge on any atom is -0.350 e. The molecular weight excluding hydrogens is 214 g/mol. The largest absolute Gasteiger partial charge is 0.350 e. The van der Waals surface area contributed by atoms with Gasteiger partial charge in [-0.05, 0) is 11.6 Å². The normalized spacial score (nSPS) is 10.8. The third-order valence-electron chi connectivity index (χ3n) is 2.47. The number of aromatic nitrogens is 4. The number of nitrogens with one attached hydrogen (secondary N) is 1. The first-order valence-electron chi connectivity index (χ1n) is 5.70. The van der Waals surface area contributed by atoms with Crippen LogP contribution in [0.25, 0.3) is 0 Å². The van der Waals surface area contributed by atoms with Crippen LogP contribution in [0.5, 0.6) is 0 Å². The molecule has 90 valence electrons. The lowest BCUT2D eigenvalue weighted by Gasteiger charge is -2.03. The second kappa shape index (κ2) is 4.95. The zero-order chi connectivity index (χ0) is 12.3. The van der Waals surface area contributed by atoms with Crippen LogP contribution in [-0.4, -0.2) is 19.7 Å². The zero-order valence-electron chi connectivity index (χ0n) is 10.4. The maximum atomic E-state index is 4.44. The highest BCUT2D eigenvalue weighted by Gasteiger charge is 2.09. The number of hydrogen-bond donors (Lipinski definition) is 1. The maximum absolute atomic E-state index is 4.44. The summed E-state index contributed by atoms with van der Waals surface area (Å²) in [6.07, 6.45) is 3.61. The molecule has 0 atom stereocenters. The lowest BCUT2D eigenvalue weighted by atomic mass is 10.2. The van der Waals surface area contributed by atoms with Gasteiger partial charge in [0.05, 0.1) is 0 Å². The number of aryl methyl sites for hydroxylation is 1. The van der Waals surface area contributed by atoms with Crippen molar-refractivity contribution in [1.29, 1.82) is 0 Å². The van der Waals surface area contributed by atoms with Crippen molar-refractivity contribution in [3.8, 4) is 0 Å². The summed E-state index contributed by atoms with van der Waals surface area (Å²) in [5.41, 5.74) is 1.13. The highest BCUT2D eigenvalue weighted by molar-refractivity contribution is 5.27. The average Bonchev–Trinajstić information content (AvgIpc) is 2.70. The van der Waals surface area contributed by atoms with E-state index in [-0.39, 0.29) is 0 Å². The van der Waals surface area contributed by atoms with Crippen LogP contribution in [0.4, 0.5) is 5.95 Å². The highest BCUT2D eigenvalue weighted by Crippen LogP contribution is 2.12. The highest BCUT2D eigenvalue weighted by atomic mass is 15.4. The quantitative estimate of drug-likeness (QED) is 0.873. The van der Waals surface area contributed by atoms with E-state index in [2.05, 4.69) is 34.2 Å². The Morgan fingerprint density at radius 1 is 1.41 bits per heavy atom. The van der Waals surface area contributed by atoms with Gasteiger partial charge in [-0.2, -0.15) is 10.1 Å². The van der Waals surface area contributed by atoms with E-state index in [9.17, 15) is 0 Å². The summed E-state index contributed by atoms with van der Waals surface area (Å²) in [5, 5.41) is 7.60. The Hall–Kier alpha value is -1.91. The smallest absolute Gasteiger partial charge is 0.221 e. The summed E-state index contributed by atoms with van der Waals surface area (Å²) < 4.78 is 1.77. The van der Waals surface area contributed by atoms with E-state index < -0.39 is 0 Å². The summed E-state index contributed by atoms with van der Waals surface area (Å²) in [6.45, 7) is 4.87. The molecule has 0 fully saturated rings. The van der Waals surface area contributed by atoms with Crippen LogP contribution in [0.3, 0.4) is 0 Å². The molecule has 17 heavy (non-hydrogen) atoms. The van der Waals surface area contributed by atoms with Crippen molar-refractivity contribution in [3.05, 3.63) is 35.9 Å². The van der Waals surface area contributed by atoms with E-state index in [1.165, 1.54) is 0 Å². The molecule has 0 spiro atoms. The monoisotopic (exact) mass is 231 g/mol. The van der Waals surface area contributed by atoms with Crippen molar-refractivity contribution in [2.75, 3.05) is 5.32 Å². The molecule has 5 nitrogen and oxygen atoms in total. The van der Waals surface area contributed by atoms with Crippen molar-refractivity contribution in [2.45, 2.75) is 26.3 Å². The standard InChI is InChI=1S/C12H17N5/c1-9(2)11-15-12(17(3)16-11)14-8-10-5-4-6-13-7-10/h4-7,9H,8H2,1-3H3,(H,14,15,16). The lowest BCUT2D eigenvalue weighted by molar-refractivity contribution is 0.710. The molecule has 0 unspecified atom stereocenters. The van der Waals surface area contributed by atoms with Gasteiger partial charge in [0.2, 0.25) is 5.95 Å². The Bertz CT molecular complexity index is 475. The molecule has 0 bridgehead atoms. The molecular formula is C12H17N5. The number of nitrogens with zero attached hydrogens (tertiary/aromatic N) is 4. The van der Waals surface area contributed by atoms with E-state index >= 15 is 0 Å². The Labute approximate surface area is 101 Å². The minimum atomic E-state index is 0.343. The van der Waals surface area contributed by atoms with Gasteiger partial charge >= 0.3 is 0 Å². The fourth-order valence-electron chi connectivity index (χ4n) is 1.49. The van der Waals surface area contributed by atoms with Crippen LogP contribution < -0.4 is 5.32 Å². The predicted octanol–water partition coefficient (Wildman–Crippen LogP) is 1.95. The summed E-state index contributed by atoms with van der Waals surface area (Å²) in [6, 6.07) is 3.95. The first-order valence-corrected chi connectivity index (χ1v) is 5.70. The van der Waals surface area contributed by atoms with Crippen molar-refractivity contribution in [3.63, 3.8) is 0 Å². The number of pyridine rings is 1. The molecule has 2 aromatic rings. The molecule has 1 N–H and O–H groups in total. The molecule has 0 saturated heterocycles. The molecule has 0 amide bonds. The fourth-order valence-corrected chi connectivity index (χ4v) is 1.49. The molecule has 0 radical (unpaired) electrons. The van der Waals surface area contributed by atoms with E-state index in [1.807, 2.05) is 25.4 Å². The second-order valence-electron chi connectivity index (χ2n) is 4.29. The first kappa shape index (κ1) is 11.6. The van der Waals surface area contributed by atoms with Crippen LogP contribution >= 0.6 is 0 Å². The second-order valence-corrected chi connectivity index (χ2v) is 4.29. The Balaban J connectivity index is 2.04. The van der Waals surface area contributed by atoms with Crippen LogP contribution in [0, 0.1) is 0 Å². The van der Waals surface area contributed by atoms with Gasteiger partial charge in [0.15, 0.2) is 5.82 Å². The Morgan fingerprint density at radius 2 is 2.24 bits per heavy atom. The van der Waals surface area contributed by atoms with Crippen molar-refractivity contribution >= 4 is 5.95 Å². The molecule has 0 saturated carbocycles. The molecule has 0 aliphatic heterocycles. The fraction of sp³-hybridized carbons (Fsp3) is 0.417. The maximum Gasteiger partial charge on any atom is 0.221 e. The van der Waals surface area contributed by atoms with Crippen LogP contribution in [0.1, 0.15) is 31.2 Å². The molecule has 0 aromatic carbocycles. The van der Waals surface area contributed by atoms with E-state index in [4.69, 9.17) is 0 Å². The molecule has 0 aliphatic rings. The van der Waals surface area contributed by atoms with E-state index in [1.54, 1.807) is 10.9 Å². The zero-order valence-corrected chi connectivity index (χ0v) is 10.4. The lowest BCUT2D eigenvalue weighted by Crippen LogP contribution is -2.05. The van der Waals surface area contributed by atoms with Crippen LogP contribution in [-0.2, 0) is 13.6 Å². The Kier molecular flexibility index (Phi) is 3.37. The van der Waals surface area contributed by atoms with Gasteiger partial charge in [0.25, 0.3) is 0 Å². The summed E-state index contributed by atoms with van der Waals surface area (Å²) in [5.74, 6) is 1.99. The van der Waals surface area contributed by atoms with Gasteiger partial charge in [-0.25, -0.2) is 4.68 Å². The number of anilines is 1. The van der Waals surface area contributed by atoms with Crippen LogP contribution in [0.2, 0.25) is 0 Å². The van der Waals surface area contributed by atoms with Crippen molar-refractivity contribution < 1.29 is 0 Å². The summed E-state index contributed by atoms with van der Waals surface area (Å²) in [4.78, 5) is 8.51. The number of rotatable bonds is 4. The molecule has 5 heteroatoms. The SMILES string of the molecule is CC(C)c1nc(NCc2cccnc2)n(C)n1. The molecule has 2 rings (SSSR count). The van der Waals surface area contributed by atoms with Crippen molar-refractivity contribution in [2.24, 2.45) is 7.05 Å². The van der Waals surface area contributed by atoms with Gasteiger partial charge in [0.1, 0.15) is 0 Å². The third-order valence-corrected chi connectivity index (χ3v) is 2.47. The summed E-state index contributed by atoms with van der Waals surface area (Å²) in [7, 11) is 1.89. The first-order chi connectivity index (χ1) is 8.16. The van der Waals surface area contributed by atoms with Gasteiger partial charge in [-0.1, -0.05) is 19.9 Å². The topological polar surface area (TPSA) is 55.6 Å². The molecule has 2 heterocycles. The molecule has 0 aliphatic carbocycles. The predicted molar refractivity (Wildman–Crippen MR) is 66.7 cm³/mol. The third kappa shape index (κ3) is 2.81.